The van der Waals surface area contributed by atoms with Crippen LogP contribution >= 0.6 is 0 Å². The Balaban J connectivity index is 1.75. The number of esters is 1. The van der Waals surface area contributed by atoms with Crippen LogP contribution in [0.25, 0.3) is 0 Å². The van der Waals surface area contributed by atoms with Crippen LogP contribution in [0.15, 0.2) is 48.5 Å². The largest absolute Gasteiger partial charge is 0.497 e. The molecule has 0 spiro atoms. The molecule has 3 rings (SSSR count). The van der Waals surface area contributed by atoms with Crippen LogP contribution in [0.2, 0.25) is 0 Å². The number of hydrogen-bond acceptors (Lipinski definition) is 6. The first kappa shape index (κ1) is 24.4. The standard InChI is InChI=1S/C26H33NO6/c1-26(2,3)33-25(29)27-21(13-17-9-7-6-8-10-17)23-15-19(24(28)32-23)14-18-11-12-20(30-4)16-22(18)31-5/h6-12,16,19,21,23H,13-15H2,1-5H3,(H,27,29)/t19-,21+,23+/m1/s1. The van der Waals surface area contributed by atoms with Gasteiger partial charge in [0.1, 0.15) is 23.2 Å². The lowest BCUT2D eigenvalue weighted by atomic mass is 9.91. The van der Waals surface area contributed by atoms with Crippen LogP contribution < -0.4 is 14.8 Å². The van der Waals surface area contributed by atoms with Crippen molar-refractivity contribution in [2.24, 2.45) is 5.92 Å². The minimum atomic E-state index is -0.624. The topological polar surface area (TPSA) is 83.1 Å². The van der Waals surface area contributed by atoms with Crippen LogP contribution in [0.4, 0.5) is 4.79 Å². The van der Waals surface area contributed by atoms with Gasteiger partial charge in [0.25, 0.3) is 0 Å². The summed E-state index contributed by atoms with van der Waals surface area (Å²) in [5, 5.41) is 2.93. The van der Waals surface area contributed by atoms with Gasteiger partial charge in [0, 0.05) is 12.5 Å². The molecule has 2 aromatic rings. The number of carbonyl (C=O) groups is 2. The van der Waals surface area contributed by atoms with Crippen molar-refractivity contribution < 1.29 is 28.5 Å². The lowest BCUT2D eigenvalue weighted by Gasteiger charge is -2.26. The molecule has 178 valence electrons. The fraction of sp³-hybridized carbons (Fsp3) is 0.462. The number of benzene rings is 2. The lowest BCUT2D eigenvalue weighted by Crippen LogP contribution is -2.46. The molecule has 0 unspecified atom stereocenters. The summed E-state index contributed by atoms with van der Waals surface area (Å²) in [6.45, 7) is 5.44. The molecule has 7 nitrogen and oxygen atoms in total. The molecule has 3 atom stereocenters. The Morgan fingerprint density at radius 2 is 1.85 bits per heavy atom. The first-order chi connectivity index (χ1) is 15.7. The first-order valence-corrected chi connectivity index (χ1v) is 11.1. The summed E-state index contributed by atoms with van der Waals surface area (Å²) in [6, 6.07) is 14.9. The Bertz CT molecular complexity index is 953. The average Bonchev–Trinajstić information content (AvgIpc) is 3.13. The molecular formula is C26H33NO6. The van der Waals surface area contributed by atoms with Crippen molar-refractivity contribution in [3.8, 4) is 11.5 Å². The number of cyclic esters (lactones) is 1. The van der Waals surface area contributed by atoms with Gasteiger partial charge in [-0.2, -0.15) is 0 Å². The van der Waals surface area contributed by atoms with Crippen molar-refractivity contribution in [1.82, 2.24) is 5.32 Å². The quantitative estimate of drug-likeness (QED) is 0.597. The number of hydrogen-bond donors (Lipinski definition) is 1. The van der Waals surface area contributed by atoms with E-state index in [0.29, 0.717) is 30.8 Å². The second kappa shape index (κ2) is 10.6. The minimum Gasteiger partial charge on any atom is -0.497 e. The maximum atomic E-state index is 12.8. The monoisotopic (exact) mass is 455 g/mol. The van der Waals surface area contributed by atoms with E-state index in [1.165, 1.54) is 0 Å². The highest BCUT2D eigenvalue weighted by Gasteiger charge is 2.40. The third-order valence-corrected chi connectivity index (χ3v) is 5.53. The highest BCUT2D eigenvalue weighted by atomic mass is 16.6. The maximum absolute atomic E-state index is 12.8. The van der Waals surface area contributed by atoms with E-state index in [1.807, 2.05) is 63.2 Å². The predicted molar refractivity (Wildman–Crippen MR) is 125 cm³/mol. The van der Waals surface area contributed by atoms with Gasteiger partial charge in [0.2, 0.25) is 0 Å². The van der Waals surface area contributed by atoms with Gasteiger partial charge in [-0.1, -0.05) is 36.4 Å². The summed E-state index contributed by atoms with van der Waals surface area (Å²) >= 11 is 0. The second-order valence-corrected chi connectivity index (χ2v) is 9.23. The Labute approximate surface area is 195 Å². The van der Waals surface area contributed by atoms with E-state index in [1.54, 1.807) is 20.3 Å². The predicted octanol–water partition coefficient (Wildman–Crippen LogP) is 4.31. The number of rotatable bonds is 8. The zero-order valence-electron chi connectivity index (χ0n) is 19.9. The van der Waals surface area contributed by atoms with Crippen LogP contribution in [-0.2, 0) is 27.1 Å². The summed E-state index contributed by atoms with van der Waals surface area (Å²) in [4.78, 5) is 25.3. The minimum absolute atomic E-state index is 0.276. The Morgan fingerprint density at radius 1 is 1.12 bits per heavy atom. The first-order valence-electron chi connectivity index (χ1n) is 11.1. The lowest BCUT2D eigenvalue weighted by molar-refractivity contribution is -0.145. The highest BCUT2D eigenvalue weighted by molar-refractivity contribution is 5.75. The number of ether oxygens (including phenoxy) is 4. The van der Waals surface area contributed by atoms with Crippen molar-refractivity contribution in [2.75, 3.05) is 14.2 Å². The summed E-state index contributed by atoms with van der Waals surface area (Å²) in [7, 11) is 3.19. The van der Waals surface area contributed by atoms with E-state index in [0.717, 1.165) is 11.1 Å². The molecule has 0 aliphatic carbocycles. The average molecular weight is 456 g/mol. The van der Waals surface area contributed by atoms with E-state index in [-0.39, 0.29) is 11.9 Å². The van der Waals surface area contributed by atoms with Crippen LogP contribution in [-0.4, -0.2) is 44.0 Å². The van der Waals surface area contributed by atoms with Crippen molar-refractivity contribution in [3.63, 3.8) is 0 Å². The zero-order valence-corrected chi connectivity index (χ0v) is 19.9. The van der Waals surface area contributed by atoms with Crippen LogP contribution in [0.3, 0.4) is 0 Å². The molecule has 0 saturated carbocycles. The third-order valence-electron chi connectivity index (χ3n) is 5.53. The van der Waals surface area contributed by atoms with Crippen LogP contribution in [0, 0.1) is 5.92 Å². The molecule has 1 aliphatic rings. The van der Waals surface area contributed by atoms with Gasteiger partial charge >= 0.3 is 12.1 Å². The van der Waals surface area contributed by atoms with E-state index < -0.39 is 23.8 Å². The molecule has 33 heavy (non-hydrogen) atoms. The van der Waals surface area contributed by atoms with Gasteiger partial charge in [-0.3, -0.25) is 4.79 Å². The number of methoxy groups -OCH3 is 2. The fourth-order valence-electron chi connectivity index (χ4n) is 3.97. The molecule has 2 aromatic carbocycles. The van der Waals surface area contributed by atoms with E-state index in [2.05, 4.69) is 5.32 Å². The molecule has 1 saturated heterocycles. The van der Waals surface area contributed by atoms with Crippen molar-refractivity contribution in [2.45, 2.75) is 57.8 Å². The van der Waals surface area contributed by atoms with Gasteiger partial charge in [0.05, 0.1) is 26.2 Å². The molecule has 1 N–H and O–H groups in total. The number of nitrogens with one attached hydrogen (secondary N) is 1. The molecular weight excluding hydrogens is 422 g/mol. The van der Waals surface area contributed by atoms with Crippen molar-refractivity contribution >= 4 is 12.1 Å². The number of carbonyl (C=O) groups excluding carboxylic acids is 2. The third kappa shape index (κ3) is 6.88. The van der Waals surface area contributed by atoms with Gasteiger partial charge in [-0.05, 0) is 50.8 Å². The van der Waals surface area contributed by atoms with E-state index in [9.17, 15) is 9.59 Å². The molecule has 7 heteroatoms. The molecule has 0 aromatic heterocycles. The molecule has 1 heterocycles. The van der Waals surface area contributed by atoms with Gasteiger partial charge < -0.3 is 24.3 Å². The molecule has 1 fully saturated rings. The summed E-state index contributed by atoms with van der Waals surface area (Å²) < 4.78 is 21.9. The maximum Gasteiger partial charge on any atom is 0.408 e. The Morgan fingerprint density at radius 3 is 2.48 bits per heavy atom. The van der Waals surface area contributed by atoms with E-state index in [4.69, 9.17) is 18.9 Å². The molecule has 1 aliphatic heterocycles. The second-order valence-electron chi connectivity index (χ2n) is 9.23. The van der Waals surface area contributed by atoms with Gasteiger partial charge in [-0.15, -0.1) is 0 Å². The molecule has 0 radical (unpaired) electrons. The zero-order chi connectivity index (χ0) is 24.0. The molecule has 1 amide bonds. The van der Waals surface area contributed by atoms with Gasteiger partial charge in [-0.25, -0.2) is 4.79 Å². The van der Waals surface area contributed by atoms with Crippen LogP contribution in [0.1, 0.15) is 38.3 Å². The normalized spacial score (nSPS) is 18.9. The summed E-state index contributed by atoms with van der Waals surface area (Å²) in [5.41, 5.74) is 1.32. The van der Waals surface area contributed by atoms with E-state index >= 15 is 0 Å². The SMILES string of the molecule is COc1ccc(C[C@@H]2C[C@@H]([C@H](Cc3ccccc3)NC(=O)OC(C)(C)C)OC2=O)c(OC)c1. The number of amides is 1. The Kier molecular flexibility index (Phi) is 7.84. The van der Waals surface area contributed by atoms with Crippen LogP contribution in [0.5, 0.6) is 11.5 Å². The summed E-state index contributed by atoms with van der Waals surface area (Å²) in [6.07, 6.45) is 0.504. The Hall–Kier alpha value is -3.22. The highest BCUT2D eigenvalue weighted by Crippen LogP contribution is 2.32. The smallest absolute Gasteiger partial charge is 0.408 e. The number of alkyl carbamates (subject to hydrolysis) is 1. The summed E-state index contributed by atoms with van der Waals surface area (Å²) in [5.74, 6) is 0.739. The fourth-order valence-corrected chi connectivity index (χ4v) is 3.97. The van der Waals surface area contributed by atoms with Crippen molar-refractivity contribution in [3.05, 3.63) is 59.7 Å². The van der Waals surface area contributed by atoms with Gasteiger partial charge in [0.15, 0.2) is 0 Å². The van der Waals surface area contributed by atoms with Crippen molar-refractivity contribution in [1.29, 1.82) is 0 Å². The molecule has 0 bridgehead atoms.